The monoisotopic (exact) mass is 339 g/mol. The SMILES string of the molecule is COc1ccc(S(=O)N2CCC(O)(CO)C2)c(C(F)(F)F)c1. The van der Waals surface area contributed by atoms with Gasteiger partial charge in [-0.15, -0.1) is 0 Å². The molecule has 5 nitrogen and oxygen atoms in total. The Kier molecular flexibility index (Phi) is 4.81. The first kappa shape index (κ1) is 17.2. The van der Waals surface area contributed by atoms with E-state index in [0.29, 0.717) is 0 Å². The number of β-amino-alcohol motifs (C(OH)–C–C–N with tert-alkyl or cyclic N) is 1. The van der Waals surface area contributed by atoms with Gasteiger partial charge in [-0.3, -0.25) is 0 Å². The van der Waals surface area contributed by atoms with Crippen LogP contribution < -0.4 is 4.74 Å². The van der Waals surface area contributed by atoms with Crippen LogP contribution in [0, 0.1) is 0 Å². The fourth-order valence-electron chi connectivity index (χ4n) is 2.24. The summed E-state index contributed by atoms with van der Waals surface area (Å²) in [7, 11) is -0.845. The van der Waals surface area contributed by atoms with E-state index in [-0.39, 0.29) is 25.3 Å². The standard InChI is InChI=1S/C13H16F3NO4S/c1-21-9-2-3-11(10(6-9)13(14,15)16)22(20)17-5-4-12(19,7-17)8-18/h2-3,6,18-19H,4-5,7-8H2,1H3. The van der Waals surface area contributed by atoms with Crippen LogP contribution in [-0.2, 0) is 17.2 Å². The predicted molar refractivity (Wildman–Crippen MR) is 72.6 cm³/mol. The zero-order valence-electron chi connectivity index (χ0n) is 11.8. The molecule has 9 heteroatoms. The minimum atomic E-state index is -4.67. The molecule has 0 amide bonds. The molecule has 2 unspecified atom stereocenters. The average Bonchev–Trinajstić information content (AvgIpc) is 2.88. The molecule has 1 saturated heterocycles. The van der Waals surface area contributed by atoms with Crippen LogP contribution in [0.4, 0.5) is 13.2 Å². The molecule has 0 aliphatic carbocycles. The van der Waals surface area contributed by atoms with E-state index in [0.717, 1.165) is 12.1 Å². The van der Waals surface area contributed by atoms with Gasteiger partial charge < -0.3 is 14.9 Å². The van der Waals surface area contributed by atoms with E-state index < -0.39 is 39.8 Å². The third-order valence-corrected chi connectivity index (χ3v) is 5.02. The molecule has 1 aromatic rings. The lowest BCUT2D eigenvalue weighted by molar-refractivity contribution is -0.139. The van der Waals surface area contributed by atoms with Crippen molar-refractivity contribution in [2.75, 3.05) is 26.8 Å². The fourth-order valence-corrected chi connectivity index (χ4v) is 3.68. The number of benzene rings is 1. The van der Waals surface area contributed by atoms with Gasteiger partial charge in [0, 0.05) is 13.1 Å². The van der Waals surface area contributed by atoms with Crippen LogP contribution in [0.25, 0.3) is 0 Å². The quantitative estimate of drug-likeness (QED) is 0.864. The van der Waals surface area contributed by atoms with Gasteiger partial charge in [-0.2, -0.15) is 13.2 Å². The molecule has 2 atom stereocenters. The van der Waals surface area contributed by atoms with Gasteiger partial charge in [-0.1, -0.05) is 0 Å². The highest BCUT2D eigenvalue weighted by molar-refractivity contribution is 7.82. The van der Waals surface area contributed by atoms with Crippen molar-refractivity contribution in [3.63, 3.8) is 0 Å². The number of aliphatic hydroxyl groups excluding tert-OH is 1. The zero-order chi connectivity index (χ0) is 16.5. The number of alkyl halides is 3. The second-order valence-electron chi connectivity index (χ2n) is 5.10. The van der Waals surface area contributed by atoms with Gasteiger partial charge in [0.25, 0.3) is 0 Å². The summed E-state index contributed by atoms with van der Waals surface area (Å²) < 4.78 is 57.8. The molecule has 1 aliphatic heterocycles. The average molecular weight is 339 g/mol. The molecule has 124 valence electrons. The summed E-state index contributed by atoms with van der Waals surface area (Å²) in [5.41, 5.74) is -2.47. The highest BCUT2D eigenvalue weighted by atomic mass is 32.2. The van der Waals surface area contributed by atoms with Gasteiger partial charge >= 0.3 is 6.18 Å². The molecule has 0 bridgehead atoms. The third-order valence-electron chi connectivity index (χ3n) is 3.51. The summed E-state index contributed by atoms with van der Waals surface area (Å²) in [6.45, 7) is -0.554. The number of methoxy groups -OCH3 is 1. The summed E-state index contributed by atoms with van der Waals surface area (Å²) >= 11 is 0. The molecule has 0 radical (unpaired) electrons. The molecule has 1 aromatic carbocycles. The van der Waals surface area contributed by atoms with Gasteiger partial charge in [-0.25, -0.2) is 8.51 Å². The van der Waals surface area contributed by atoms with Crippen molar-refractivity contribution in [2.45, 2.75) is 23.1 Å². The minimum absolute atomic E-state index is 0.0151. The Labute approximate surface area is 127 Å². The van der Waals surface area contributed by atoms with Crippen LogP contribution in [0.3, 0.4) is 0 Å². The van der Waals surface area contributed by atoms with Crippen LogP contribution in [0.2, 0.25) is 0 Å². The van der Waals surface area contributed by atoms with Crippen molar-refractivity contribution in [3.8, 4) is 5.75 Å². The number of ether oxygens (including phenoxy) is 1. The Morgan fingerprint density at radius 1 is 1.45 bits per heavy atom. The van der Waals surface area contributed by atoms with E-state index in [1.807, 2.05) is 0 Å². The lowest BCUT2D eigenvalue weighted by Crippen LogP contribution is -2.37. The van der Waals surface area contributed by atoms with E-state index in [1.165, 1.54) is 17.5 Å². The van der Waals surface area contributed by atoms with E-state index in [1.54, 1.807) is 0 Å². The second kappa shape index (κ2) is 6.15. The first-order chi connectivity index (χ1) is 10.2. The van der Waals surface area contributed by atoms with Gasteiger partial charge in [0.2, 0.25) is 0 Å². The second-order valence-corrected chi connectivity index (χ2v) is 6.56. The van der Waals surface area contributed by atoms with Crippen molar-refractivity contribution in [2.24, 2.45) is 0 Å². The molecular formula is C13H16F3NO4S. The van der Waals surface area contributed by atoms with Gasteiger partial charge in [0.1, 0.15) is 22.3 Å². The molecule has 2 rings (SSSR count). The van der Waals surface area contributed by atoms with Crippen molar-refractivity contribution >= 4 is 11.0 Å². The minimum Gasteiger partial charge on any atom is -0.497 e. The Morgan fingerprint density at radius 3 is 2.64 bits per heavy atom. The van der Waals surface area contributed by atoms with Gasteiger partial charge in [-0.05, 0) is 24.6 Å². The molecule has 1 aliphatic rings. The maximum Gasteiger partial charge on any atom is 0.417 e. The number of rotatable bonds is 4. The summed E-state index contributed by atoms with van der Waals surface area (Å²) in [6, 6.07) is 3.20. The molecule has 1 fully saturated rings. The van der Waals surface area contributed by atoms with E-state index in [9.17, 15) is 22.5 Å². The summed E-state index contributed by atoms with van der Waals surface area (Å²) in [5.74, 6) is 0.0151. The summed E-state index contributed by atoms with van der Waals surface area (Å²) in [5, 5.41) is 19.0. The Morgan fingerprint density at radius 2 is 2.14 bits per heavy atom. The maximum absolute atomic E-state index is 13.1. The molecule has 0 saturated carbocycles. The van der Waals surface area contributed by atoms with Gasteiger partial charge in [0.05, 0.1) is 24.2 Å². The molecule has 0 aromatic heterocycles. The van der Waals surface area contributed by atoms with Crippen LogP contribution in [0.5, 0.6) is 5.75 Å². The first-order valence-corrected chi connectivity index (χ1v) is 7.56. The number of aliphatic hydroxyl groups is 2. The Bertz CT molecular complexity index is 581. The topological polar surface area (TPSA) is 70.0 Å². The highest BCUT2D eigenvalue weighted by Crippen LogP contribution is 2.37. The van der Waals surface area contributed by atoms with E-state index in [2.05, 4.69) is 0 Å². The van der Waals surface area contributed by atoms with E-state index in [4.69, 9.17) is 9.84 Å². The lowest BCUT2D eigenvalue weighted by Gasteiger charge is -2.21. The maximum atomic E-state index is 13.1. The van der Waals surface area contributed by atoms with Crippen LogP contribution in [0.15, 0.2) is 23.1 Å². The van der Waals surface area contributed by atoms with Crippen molar-refractivity contribution < 1.29 is 32.3 Å². The smallest absolute Gasteiger partial charge is 0.417 e. The third kappa shape index (κ3) is 3.43. The number of hydrogen-bond donors (Lipinski definition) is 2. The molecule has 0 spiro atoms. The Balaban J connectivity index is 2.34. The largest absolute Gasteiger partial charge is 0.497 e. The van der Waals surface area contributed by atoms with Crippen molar-refractivity contribution in [3.05, 3.63) is 23.8 Å². The van der Waals surface area contributed by atoms with Crippen LogP contribution in [-0.4, -0.2) is 51.1 Å². The normalized spacial score (nSPS) is 24.5. The lowest BCUT2D eigenvalue weighted by atomic mass is 10.1. The van der Waals surface area contributed by atoms with Gasteiger partial charge in [0.15, 0.2) is 0 Å². The number of halogens is 3. The first-order valence-electron chi connectivity index (χ1n) is 6.45. The van der Waals surface area contributed by atoms with Crippen molar-refractivity contribution in [1.82, 2.24) is 4.31 Å². The number of hydrogen-bond acceptors (Lipinski definition) is 4. The molecule has 2 N–H and O–H groups in total. The van der Waals surface area contributed by atoms with Crippen LogP contribution >= 0.6 is 0 Å². The highest BCUT2D eigenvalue weighted by Gasteiger charge is 2.41. The molecular weight excluding hydrogens is 323 g/mol. The fraction of sp³-hybridized carbons (Fsp3) is 0.538. The molecule has 1 heterocycles. The molecule has 22 heavy (non-hydrogen) atoms. The summed E-state index contributed by atoms with van der Waals surface area (Å²) in [6.07, 6.45) is -4.53. The zero-order valence-corrected chi connectivity index (χ0v) is 12.6. The van der Waals surface area contributed by atoms with Crippen LogP contribution in [0.1, 0.15) is 12.0 Å². The van der Waals surface area contributed by atoms with E-state index >= 15 is 0 Å². The Hall–Kier alpha value is -1.16. The summed E-state index contributed by atoms with van der Waals surface area (Å²) in [4.78, 5) is -0.393. The predicted octanol–water partition coefficient (Wildman–Crippen LogP) is 1.17. The van der Waals surface area contributed by atoms with Crippen molar-refractivity contribution in [1.29, 1.82) is 0 Å². The number of nitrogens with zero attached hydrogens (tertiary/aromatic N) is 1.